The fraction of sp³-hybridized carbons (Fsp3) is 0.444. The van der Waals surface area contributed by atoms with Crippen LogP contribution in [0.5, 0.6) is 0 Å². The standard InChI is InChI=1S/C26H34N6O2.CH3F/c1-7-8-9-19-13-22-23(29-17-30-32(22)15-19)20-10-11-21(18(2)12-20)14-27-25(33)24(31-34-6)28-16-26(3,4)5;1-2/h10-13,15-17H,7-9,14H2,1-6H3,(H,27,33);1H3/b28-16?,31-24-;. The van der Waals surface area contributed by atoms with Crippen LogP contribution in [0.1, 0.15) is 57.2 Å². The van der Waals surface area contributed by atoms with Crippen molar-refractivity contribution in [1.29, 1.82) is 0 Å². The molecule has 0 saturated carbocycles. The molecule has 1 amide bonds. The molecule has 3 rings (SSSR count). The molecule has 8 nitrogen and oxygen atoms in total. The van der Waals surface area contributed by atoms with Crippen LogP contribution in [0, 0.1) is 12.3 Å². The summed E-state index contributed by atoms with van der Waals surface area (Å²) in [5, 5.41) is 11.0. The van der Waals surface area contributed by atoms with Gasteiger partial charge in [0.25, 0.3) is 11.7 Å². The van der Waals surface area contributed by atoms with E-state index < -0.39 is 5.91 Å². The number of aryl methyl sites for hydroxylation is 2. The monoisotopic (exact) mass is 496 g/mol. The summed E-state index contributed by atoms with van der Waals surface area (Å²) in [4.78, 5) is 26.1. The highest BCUT2D eigenvalue weighted by molar-refractivity contribution is 6.39. The number of benzene rings is 1. The van der Waals surface area contributed by atoms with Gasteiger partial charge < -0.3 is 10.2 Å². The van der Waals surface area contributed by atoms with Gasteiger partial charge in [0.05, 0.1) is 18.4 Å². The minimum atomic E-state index is -0.392. The van der Waals surface area contributed by atoms with Crippen LogP contribution in [0.2, 0.25) is 0 Å². The number of aliphatic imine (C=N–C) groups is 1. The zero-order chi connectivity index (χ0) is 26.7. The molecule has 0 aliphatic carbocycles. The average molecular weight is 497 g/mol. The molecule has 0 bridgehead atoms. The molecule has 0 aliphatic rings. The Bertz CT molecular complexity index is 1210. The maximum Gasteiger partial charge on any atom is 0.292 e. The minimum absolute atomic E-state index is 0.0119. The van der Waals surface area contributed by atoms with Crippen LogP contribution in [-0.2, 0) is 22.6 Å². The van der Waals surface area contributed by atoms with Crippen molar-refractivity contribution >= 4 is 23.5 Å². The second kappa shape index (κ2) is 13.5. The Morgan fingerprint density at radius 2 is 2.00 bits per heavy atom. The normalized spacial score (nSPS) is 11.9. The number of rotatable bonds is 7. The molecular formula is C27H37FN6O2. The van der Waals surface area contributed by atoms with Gasteiger partial charge >= 0.3 is 0 Å². The van der Waals surface area contributed by atoms with Crippen molar-refractivity contribution in [3.05, 3.63) is 53.5 Å². The number of halogens is 1. The highest BCUT2D eigenvalue weighted by atomic mass is 19.1. The predicted molar refractivity (Wildman–Crippen MR) is 143 cm³/mol. The third kappa shape index (κ3) is 7.96. The first-order valence-electron chi connectivity index (χ1n) is 12.0. The lowest BCUT2D eigenvalue weighted by Gasteiger charge is -2.12. The Morgan fingerprint density at radius 1 is 1.25 bits per heavy atom. The summed E-state index contributed by atoms with van der Waals surface area (Å²) >= 11 is 0. The molecule has 9 heteroatoms. The van der Waals surface area contributed by atoms with Gasteiger partial charge in [-0.1, -0.05) is 51.4 Å². The Labute approximate surface area is 212 Å². The van der Waals surface area contributed by atoms with E-state index in [1.54, 1.807) is 12.5 Å². The second-order valence-corrected chi connectivity index (χ2v) is 9.44. The summed E-state index contributed by atoms with van der Waals surface area (Å²) in [5.41, 5.74) is 6.03. The molecule has 2 heterocycles. The summed E-state index contributed by atoms with van der Waals surface area (Å²) < 4.78 is 11.4. The summed E-state index contributed by atoms with van der Waals surface area (Å²) in [6, 6.07) is 8.29. The number of hydrogen-bond acceptors (Lipinski definition) is 5. The van der Waals surface area contributed by atoms with Crippen LogP contribution in [0.4, 0.5) is 4.39 Å². The number of amides is 1. The van der Waals surface area contributed by atoms with Crippen molar-refractivity contribution in [3.63, 3.8) is 0 Å². The van der Waals surface area contributed by atoms with E-state index in [0.29, 0.717) is 13.7 Å². The number of nitrogens with zero attached hydrogens (tertiary/aromatic N) is 5. The Balaban J connectivity index is 0.00000222. The SMILES string of the molecule is CCCCc1cc2c(-c3ccc(CNC(=O)/C(N=CC(C)(C)C)=N/OC)c(C)c3)ncnn2c1.CF. The first kappa shape index (κ1) is 28.6. The highest BCUT2D eigenvalue weighted by Crippen LogP contribution is 2.26. The molecule has 0 aliphatic heterocycles. The lowest BCUT2D eigenvalue weighted by Crippen LogP contribution is -2.30. The Kier molecular flexibility index (Phi) is 10.7. The van der Waals surface area contributed by atoms with E-state index in [4.69, 9.17) is 4.84 Å². The van der Waals surface area contributed by atoms with Gasteiger partial charge in [-0.05, 0) is 54.0 Å². The Hall–Kier alpha value is -3.62. The topological polar surface area (TPSA) is 93.2 Å². The molecule has 0 spiro atoms. The maximum atomic E-state index is 12.6. The molecule has 0 radical (unpaired) electrons. The van der Waals surface area contributed by atoms with E-state index in [1.165, 1.54) is 12.7 Å². The molecule has 0 unspecified atom stereocenters. The van der Waals surface area contributed by atoms with E-state index in [2.05, 4.69) is 50.8 Å². The zero-order valence-corrected chi connectivity index (χ0v) is 22.3. The third-order valence-corrected chi connectivity index (χ3v) is 5.29. The number of unbranched alkanes of at least 4 members (excludes halogenated alkanes) is 1. The summed E-state index contributed by atoms with van der Waals surface area (Å²) in [5.74, 6) is -0.404. The minimum Gasteiger partial charge on any atom is -0.397 e. The van der Waals surface area contributed by atoms with Gasteiger partial charge in [-0.2, -0.15) is 5.10 Å². The average Bonchev–Trinajstić information content (AvgIpc) is 3.28. The maximum absolute atomic E-state index is 12.6. The fourth-order valence-electron chi connectivity index (χ4n) is 3.48. The van der Waals surface area contributed by atoms with E-state index in [1.807, 2.05) is 44.3 Å². The quantitative estimate of drug-likeness (QED) is 0.272. The van der Waals surface area contributed by atoms with E-state index in [0.717, 1.165) is 47.2 Å². The fourth-order valence-corrected chi connectivity index (χ4v) is 3.48. The predicted octanol–water partition coefficient (Wildman–Crippen LogP) is 5.33. The number of amidine groups is 1. The lowest BCUT2D eigenvalue weighted by atomic mass is 9.99. The Morgan fingerprint density at radius 3 is 2.64 bits per heavy atom. The van der Waals surface area contributed by atoms with Gasteiger partial charge in [0, 0.05) is 24.5 Å². The largest absolute Gasteiger partial charge is 0.397 e. The number of hydrogen-bond donors (Lipinski definition) is 1. The summed E-state index contributed by atoms with van der Waals surface area (Å²) in [7, 11) is 1.89. The third-order valence-electron chi connectivity index (χ3n) is 5.29. The van der Waals surface area contributed by atoms with Crippen molar-refractivity contribution in [2.24, 2.45) is 15.6 Å². The zero-order valence-electron chi connectivity index (χ0n) is 22.3. The molecule has 0 fully saturated rings. The van der Waals surface area contributed by atoms with Crippen LogP contribution >= 0.6 is 0 Å². The van der Waals surface area contributed by atoms with Gasteiger partial charge in [-0.3, -0.25) is 9.18 Å². The number of aromatic nitrogens is 3. The number of fused-ring (bicyclic) bond motifs is 1. The number of oxime groups is 1. The number of nitrogens with one attached hydrogen (secondary N) is 1. The molecular weight excluding hydrogens is 459 g/mol. The van der Waals surface area contributed by atoms with E-state index >= 15 is 0 Å². The van der Waals surface area contributed by atoms with Crippen LogP contribution in [0.15, 0.2) is 46.9 Å². The van der Waals surface area contributed by atoms with Gasteiger partial charge in [0.15, 0.2) is 0 Å². The van der Waals surface area contributed by atoms with Gasteiger partial charge in [0.2, 0.25) is 0 Å². The lowest BCUT2D eigenvalue weighted by molar-refractivity contribution is -0.115. The van der Waals surface area contributed by atoms with Crippen LogP contribution in [0.3, 0.4) is 0 Å². The molecule has 1 aromatic carbocycles. The van der Waals surface area contributed by atoms with Crippen LogP contribution in [-0.4, -0.2) is 46.8 Å². The first-order chi connectivity index (χ1) is 17.2. The van der Waals surface area contributed by atoms with Crippen molar-refractivity contribution in [2.75, 3.05) is 14.3 Å². The molecule has 1 N–H and O–H groups in total. The summed E-state index contributed by atoms with van der Waals surface area (Å²) in [6.07, 6.45) is 8.69. The number of carbonyl (C=O) groups excluding carboxylic acids is 1. The highest BCUT2D eigenvalue weighted by Gasteiger charge is 2.15. The number of carbonyl (C=O) groups is 1. The molecule has 0 atom stereocenters. The van der Waals surface area contributed by atoms with Crippen LogP contribution < -0.4 is 5.32 Å². The van der Waals surface area contributed by atoms with Gasteiger partial charge in [-0.15, -0.1) is 0 Å². The van der Waals surface area contributed by atoms with Crippen molar-refractivity contribution in [1.82, 2.24) is 19.9 Å². The second-order valence-electron chi connectivity index (χ2n) is 9.44. The van der Waals surface area contributed by atoms with Crippen LogP contribution in [0.25, 0.3) is 16.8 Å². The smallest absolute Gasteiger partial charge is 0.292 e. The van der Waals surface area contributed by atoms with Crippen molar-refractivity contribution < 1.29 is 14.0 Å². The molecule has 194 valence electrons. The van der Waals surface area contributed by atoms with Crippen molar-refractivity contribution in [3.8, 4) is 11.3 Å². The molecule has 36 heavy (non-hydrogen) atoms. The van der Waals surface area contributed by atoms with E-state index in [-0.39, 0.29) is 11.3 Å². The molecule has 0 saturated heterocycles. The van der Waals surface area contributed by atoms with E-state index in [9.17, 15) is 9.18 Å². The summed E-state index contributed by atoms with van der Waals surface area (Å²) in [6.45, 7) is 10.6. The molecule has 2 aromatic heterocycles. The molecule has 3 aromatic rings. The van der Waals surface area contributed by atoms with Gasteiger partial charge in [0.1, 0.15) is 13.4 Å². The van der Waals surface area contributed by atoms with Crippen molar-refractivity contribution in [2.45, 2.75) is 60.4 Å². The first-order valence-corrected chi connectivity index (χ1v) is 12.0. The van der Waals surface area contributed by atoms with Gasteiger partial charge in [-0.25, -0.2) is 14.5 Å². The number of alkyl halides is 1.